The summed E-state index contributed by atoms with van der Waals surface area (Å²) in [6.07, 6.45) is -4.65. The fraction of sp³-hybridized carbons (Fsp3) is 0.133. The zero-order valence-corrected chi connectivity index (χ0v) is 11.2. The standard InChI is InChI=1S/C15H10F4O3/c1-22-13-3-2-8(7-12(13)15(17,18)19)9-4-10(14(20)21)6-11(16)5-9/h2-7H,1H3,(H,20,21). The lowest BCUT2D eigenvalue weighted by atomic mass is 10.00. The second kappa shape index (κ2) is 5.67. The molecule has 0 fully saturated rings. The van der Waals surface area contributed by atoms with Crippen molar-refractivity contribution in [3.8, 4) is 16.9 Å². The molecule has 0 spiro atoms. The Kier molecular flexibility index (Phi) is 4.07. The third kappa shape index (κ3) is 3.19. The third-order valence-electron chi connectivity index (χ3n) is 2.98. The molecule has 0 amide bonds. The van der Waals surface area contributed by atoms with Gasteiger partial charge in [-0.2, -0.15) is 13.2 Å². The van der Waals surface area contributed by atoms with Gasteiger partial charge in [-0.15, -0.1) is 0 Å². The summed E-state index contributed by atoms with van der Waals surface area (Å²) in [4.78, 5) is 10.9. The van der Waals surface area contributed by atoms with E-state index in [2.05, 4.69) is 4.74 Å². The molecule has 0 bridgehead atoms. The van der Waals surface area contributed by atoms with Gasteiger partial charge in [0.15, 0.2) is 0 Å². The smallest absolute Gasteiger partial charge is 0.419 e. The van der Waals surface area contributed by atoms with Crippen LogP contribution in [0.1, 0.15) is 15.9 Å². The van der Waals surface area contributed by atoms with E-state index in [0.717, 1.165) is 37.4 Å². The molecule has 7 heteroatoms. The first kappa shape index (κ1) is 15.8. The quantitative estimate of drug-likeness (QED) is 0.863. The van der Waals surface area contributed by atoms with Gasteiger partial charge in [-0.25, -0.2) is 9.18 Å². The first-order chi connectivity index (χ1) is 10.2. The summed E-state index contributed by atoms with van der Waals surface area (Å²) >= 11 is 0. The Morgan fingerprint density at radius 1 is 1.09 bits per heavy atom. The van der Waals surface area contributed by atoms with Crippen molar-refractivity contribution in [3.63, 3.8) is 0 Å². The summed E-state index contributed by atoms with van der Waals surface area (Å²) in [5.74, 6) is -2.59. The Labute approximate surface area is 122 Å². The van der Waals surface area contributed by atoms with Crippen molar-refractivity contribution in [3.05, 3.63) is 53.3 Å². The Morgan fingerprint density at radius 3 is 2.32 bits per heavy atom. The maximum Gasteiger partial charge on any atom is 0.419 e. The zero-order chi connectivity index (χ0) is 16.5. The molecule has 0 aliphatic rings. The van der Waals surface area contributed by atoms with E-state index in [0.29, 0.717) is 0 Å². The molecule has 2 aromatic rings. The maximum absolute atomic E-state index is 13.4. The predicted octanol–water partition coefficient (Wildman–Crippen LogP) is 4.22. The van der Waals surface area contributed by atoms with Gasteiger partial charge in [0, 0.05) is 0 Å². The lowest BCUT2D eigenvalue weighted by Crippen LogP contribution is -2.07. The molecule has 0 radical (unpaired) electrons. The lowest BCUT2D eigenvalue weighted by molar-refractivity contribution is -0.138. The van der Waals surface area contributed by atoms with Crippen molar-refractivity contribution >= 4 is 5.97 Å². The van der Waals surface area contributed by atoms with Crippen LogP contribution in [0, 0.1) is 5.82 Å². The van der Waals surface area contributed by atoms with E-state index in [-0.39, 0.29) is 22.4 Å². The van der Waals surface area contributed by atoms with Crippen molar-refractivity contribution in [2.24, 2.45) is 0 Å². The predicted molar refractivity (Wildman–Crippen MR) is 70.3 cm³/mol. The van der Waals surface area contributed by atoms with Gasteiger partial charge in [-0.1, -0.05) is 6.07 Å². The number of halogens is 4. The molecule has 3 nitrogen and oxygen atoms in total. The summed E-state index contributed by atoms with van der Waals surface area (Å²) in [5.41, 5.74) is -1.30. The second-order valence-corrected chi connectivity index (χ2v) is 4.45. The minimum absolute atomic E-state index is 0.0329. The van der Waals surface area contributed by atoms with Crippen molar-refractivity contribution in [1.82, 2.24) is 0 Å². The topological polar surface area (TPSA) is 46.5 Å². The van der Waals surface area contributed by atoms with Crippen LogP contribution in [0.25, 0.3) is 11.1 Å². The highest BCUT2D eigenvalue weighted by Crippen LogP contribution is 2.38. The van der Waals surface area contributed by atoms with Gasteiger partial charge in [0.1, 0.15) is 11.6 Å². The van der Waals surface area contributed by atoms with Crippen molar-refractivity contribution in [1.29, 1.82) is 0 Å². The number of alkyl halides is 3. The number of rotatable bonds is 3. The van der Waals surface area contributed by atoms with Crippen molar-refractivity contribution in [2.45, 2.75) is 6.18 Å². The number of hydrogen-bond donors (Lipinski definition) is 1. The largest absolute Gasteiger partial charge is 0.496 e. The summed E-state index contributed by atoms with van der Waals surface area (Å²) in [6.45, 7) is 0. The Hall–Kier alpha value is -2.57. The molecule has 0 saturated carbocycles. The number of benzene rings is 2. The molecule has 1 N–H and O–H groups in total. The monoisotopic (exact) mass is 314 g/mol. The van der Waals surface area contributed by atoms with Crippen molar-refractivity contribution in [2.75, 3.05) is 7.11 Å². The second-order valence-electron chi connectivity index (χ2n) is 4.45. The van der Waals surface area contributed by atoms with Gasteiger partial charge >= 0.3 is 12.1 Å². The van der Waals surface area contributed by atoms with Crippen LogP contribution in [0.5, 0.6) is 5.75 Å². The number of carboxylic acid groups (broad SMARTS) is 1. The van der Waals surface area contributed by atoms with Crippen LogP contribution in [0.4, 0.5) is 17.6 Å². The molecule has 0 aromatic heterocycles. The van der Waals surface area contributed by atoms with Crippen molar-refractivity contribution < 1.29 is 32.2 Å². The maximum atomic E-state index is 13.4. The Bertz CT molecular complexity index is 723. The highest BCUT2D eigenvalue weighted by atomic mass is 19.4. The Morgan fingerprint density at radius 2 is 1.77 bits per heavy atom. The van der Waals surface area contributed by atoms with Crippen LogP contribution in [-0.2, 0) is 6.18 Å². The summed E-state index contributed by atoms with van der Waals surface area (Å²) in [7, 11) is 1.11. The number of carbonyl (C=O) groups is 1. The first-order valence-corrected chi connectivity index (χ1v) is 6.02. The van der Waals surface area contributed by atoms with E-state index < -0.39 is 23.5 Å². The van der Waals surface area contributed by atoms with Crippen LogP contribution in [0.15, 0.2) is 36.4 Å². The summed E-state index contributed by atoms with van der Waals surface area (Å²) in [6, 6.07) is 6.05. The molecule has 0 aliphatic carbocycles. The number of hydrogen-bond acceptors (Lipinski definition) is 2. The van der Waals surface area contributed by atoms with E-state index >= 15 is 0 Å². The van der Waals surface area contributed by atoms with Gasteiger partial charge < -0.3 is 9.84 Å². The lowest BCUT2D eigenvalue weighted by Gasteiger charge is -2.14. The molecule has 0 saturated heterocycles. The number of ether oxygens (including phenoxy) is 1. The zero-order valence-electron chi connectivity index (χ0n) is 11.2. The molecule has 22 heavy (non-hydrogen) atoms. The average molecular weight is 314 g/mol. The minimum atomic E-state index is -4.65. The third-order valence-corrected chi connectivity index (χ3v) is 2.98. The molecular weight excluding hydrogens is 304 g/mol. The van der Waals surface area contributed by atoms with Crippen LogP contribution < -0.4 is 4.74 Å². The highest BCUT2D eigenvalue weighted by Gasteiger charge is 2.34. The molecule has 0 aliphatic heterocycles. The normalized spacial score (nSPS) is 11.3. The van der Waals surface area contributed by atoms with Crippen LogP contribution in [-0.4, -0.2) is 18.2 Å². The Balaban J connectivity index is 2.61. The van der Waals surface area contributed by atoms with Gasteiger partial charge in [0.2, 0.25) is 0 Å². The minimum Gasteiger partial charge on any atom is -0.496 e. The van der Waals surface area contributed by atoms with Gasteiger partial charge in [-0.3, -0.25) is 0 Å². The molecular formula is C15H10F4O3. The molecule has 2 rings (SSSR count). The molecule has 0 atom stereocenters. The number of carboxylic acids is 1. The van der Waals surface area contributed by atoms with Gasteiger partial charge in [-0.05, 0) is 41.5 Å². The van der Waals surface area contributed by atoms with Crippen LogP contribution in [0.2, 0.25) is 0 Å². The van der Waals surface area contributed by atoms with E-state index in [9.17, 15) is 22.4 Å². The molecule has 0 unspecified atom stereocenters. The van der Waals surface area contributed by atoms with E-state index in [4.69, 9.17) is 5.11 Å². The molecule has 2 aromatic carbocycles. The number of methoxy groups -OCH3 is 1. The highest BCUT2D eigenvalue weighted by molar-refractivity contribution is 5.89. The van der Waals surface area contributed by atoms with Gasteiger partial charge in [0.25, 0.3) is 0 Å². The van der Waals surface area contributed by atoms with Gasteiger partial charge in [0.05, 0.1) is 18.2 Å². The molecule has 116 valence electrons. The molecule has 0 heterocycles. The van der Waals surface area contributed by atoms with E-state index in [1.165, 1.54) is 6.07 Å². The van der Waals surface area contributed by atoms with Crippen LogP contribution in [0.3, 0.4) is 0 Å². The van der Waals surface area contributed by atoms with Crippen LogP contribution >= 0.6 is 0 Å². The summed E-state index contributed by atoms with van der Waals surface area (Å²) < 4.78 is 57.0. The fourth-order valence-electron chi connectivity index (χ4n) is 1.99. The fourth-order valence-corrected chi connectivity index (χ4v) is 1.99. The number of aromatic carboxylic acids is 1. The summed E-state index contributed by atoms with van der Waals surface area (Å²) in [5, 5.41) is 8.88. The average Bonchev–Trinajstić information content (AvgIpc) is 2.45. The first-order valence-electron chi connectivity index (χ1n) is 6.02. The SMILES string of the molecule is COc1ccc(-c2cc(F)cc(C(=O)O)c2)cc1C(F)(F)F. The van der Waals surface area contributed by atoms with E-state index in [1.807, 2.05) is 0 Å². The van der Waals surface area contributed by atoms with E-state index in [1.54, 1.807) is 0 Å².